The van der Waals surface area contributed by atoms with Gasteiger partial charge in [-0.1, -0.05) is 49.4 Å². The van der Waals surface area contributed by atoms with Crippen LogP contribution in [0.1, 0.15) is 25.3 Å². The fourth-order valence-corrected chi connectivity index (χ4v) is 3.00. The number of anilines is 1. The van der Waals surface area contributed by atoms with Crippen molar-refractivity contribution < 1.29 is 13.9 Å². The third kappa shape index (κ3) is 4.64. The predicted molar refractivity (Wildman–Crippen MR) is 100.0 cm³/mol. The first-order valence-electron chi connectivity index (χ1n) is 8.13. The molecule has 134 valence electrons. The lowest BCUT2D eigenvalue weighted by Crippen LogP contribution is -2.20. The maximum Gasteiger partial charge on any atom is 0.264 e. The van der Waals surface area contributed by atoms with Gasteiger partial charge in [0, 0.05) is 5.56 Å². The van der Waals surface area contributed by atoms with Crippen LogP contribution in [0.3, 0.4) is 0 Å². The Morgan fingerprint density at radius 3 is 2.46 bits per heavy atom. The molecule has 3 aromatic rings. The fraction of sp³-hybridized carbons (Fsp3) is 0.211. The zero-order valence-corrected chi connectivity index (χ0v) is 15.2. The van der Waals surface area contributed by atoms with E-state index in [2.05, 4.69) is 41.5 Å². The van der Waals surface area contributed by atoms with Crippen LogP contribution in [0.15, 0.2) is 48.5 Å². The molecular weight excluding hydrogens is 353 g/mol. The van der Waals surface area contributed by atoms with Crippen LogP contribution in [0.2, 0.25) is 0 Å². The molecule has 0 saturated carbocycles. The summed E-state index contributed by atoms with van der Waals surface area (Å²) in [6, 6.07) is 13.6. The molecule has 0 bridgehead atoms. The summed E-state index contributed by atoms with van der Waals surface area (Å²) in [5.41, 5.74) is 2.21. The van der Waals surface area contributed by atoms with Crippen molar-refractivity contribution in [2.45, 2.75) is 19.8 Å². The Morgan fingerprint density at radius 2 is 1.81 bits per heavy atom. The topological polar surface area (TPSA) is 64.1 Å². The van der Waals surface area contributed by atoms with E-state index in [1.54, 1.807) is 0 Å². The van der Waals surface area contributed by atoms with Gasteiger partial charge in [0.1, 0.15) is 16.6 Å². The highest BCUT2D eigenvalue weighted by Crippen LogP contribution is 2.27. The highest BCUT2D eigenvalue weighted by Gasteiger charge is 2.11. The average molecular weight is 371 g/mol. The minimum Gasteiger partial charge on any atom is -0.484 e. The monoisotopic (exact) mass is 371 g/mol. The molecule has 7 heteroatoms. The molecule has 1 N–H and O–H groups in total. The summed E-state index contributed by atoms with van der Waals surface area (Å²) in [5.74, 6) is 0.177. The molecule has 3 rings (SSSR count). The maximum absolute atomic E-state index is 12.8. The van der Waals surface area contributed by atoms with Crippen molar-refractivity contribution >= 4 is 22.4 Å². The number of nitrogens with one attached hydrogen (secondary N) is 1. The number of ether oxygens (including phenoxy) is 1. The maximum atomic E-state index is 12.8. The first kappa shape index (κ1) is 18.0. The molecule has 5 nitrogen and oxygen atoms in total. The van der Waals surface area contributed by atoms with Crippen molar-refractivity contribution in [2.75, 3.05) is 11.9 Å². The third-order valence-corrected chi connectivity index (χ3v) is 4.57. The SMILES string of the molecule is CC(C)c1ccc(-c2nnc(NC(=O)COc3ccc(F)cc3)s2)cc1. The molecule has 0 saturated heterocycles. The molecule has 0 fully saturated rings. The third-order valence-electron chi connectivity index (χ3n) is 3.68. The molecule has 0 aliphatic heterocycles. The smallest absolute Gasteiger partial charge is 0.264 e. The lowest BCUT2D eigenvalue weighted by Gasteiger charge is -2.05. The molecule has 0 spiro atoms. The summed E-state index contributed by atoms with van der Waals surface area (Å²) in [5, 5.41) is 11.9. The quantitative estimate of drug-likeness (QED) is 0.694. The number of benzene rings is 2. The number of halogens is 1. The fourth-order valence-electron chi connectivity index (χ4n) is 2.24. The minimum atomic E-state index is -0.357. The van der Waals surface area contributed by atoms with E-state index in [1.807, 2.05) is 12.1 Å². The molecule has 0 aliphatic rings. The van der Waals surface area contributed by atoms with Crippen LogP contribution in [0, 0.1) is 5.82 Å². The van der Waals surface area contributed by atoms with E-state index in [0.717, 1.165) is 10.6 Å². The number of nitrogens with zero attached hydrogens (tertiary/aromatic N) is 2. The summed E-state index contributed by atoms with van der Waals surface area (Å²) in [6.07, 6.45) is 0. The van der Waals surface area contributed by atoms with E-state index in [-0.39, 0.29) is 18.3 Å². The molecule has 0 radical (unpaired) electrons. The van der Waals surface area contributed by atoms with Crippen LogP contribution >= 0.6 is 11.3 Å². The van der Waals surface area contributed by atoms with Gasteiger partial charge < -0.3 is 4.74 Å². The zero-order valence-electron chi connectivity index (χ0n) is 14.4. The predicted octanol–water partition coefficient (Wildman–Crippen LogP) is 4.49. The van der Waals surface area contributed by atoms with Gasteiger partial charge >= 0.3 is 0 Å². The molecule has 0 unspecified atom stereocenters. The summed E-state index contributed by atoms with van der Waals surface area (Å²) >= 11 is 1.29. The Bertz CT molecular complexity index is 877. The summed E-state index contributed by atoms with van der Waals surface area (Å²) in [4.78, 5) is 11.9. The Hall–Kier alpha value is -2.80. The van der Waals surface area contributed by atoms with E-state index in [9.17, 15) is 9.18 Å². The van der Waals surface area contributed by atoms with Crippen molar-refractivity contribution in [1.82, 2.24) is 10.2 Å². The van der Waals surface area contributed by atoms with Gasteiger partial charge in [0.15, 0.2) is 6.61 Å². The van der Waals surface area contributed by atoms with Gasteiger partial charge in [-0.2, -0.15) is 0 Å². The van der Waals surface area contributed by atoms with Crippen molar-refractivity contribution in [3.63, 3.8) is 0 Å². The number of amides is 1. The molecule has 1 heterocycles. The lowest BCUT2D eigenvalue weighted by molar-refractivity contribution is -0.118. The second-order valence-corrected chi connectivity index (χ2v) is 6.96. The number of hydrogen-bond acceptors (Lipinski definition) is 5. The van der Waals surface area contributed by atoms with Gasteiger partial charge in [-0.3, -0.25) is 10.1 Å². The number of aromatic nitrogens is 2. The van der Waals surface area contributed by atoms with E-state index < -0.39 is 0 Å². The van der Waals surface area contributed by atoms with Gasteiger partial charge in [0.05, 0.1) is 0 Å². The van der Waals surface area contributed by atoms with Crippen LogP contribution in [0.4, 0.5) is 9.52 Å². The molecule has 2 aromatic carbocycles. The van der Waals surface area contributed by atoms with Crippen LogP contribution < -0.4 is 10.1 Å². The Kier molecular flexibility index (Phi) is 5.58. The van der Waals surface area contributed by atoms with Gasteiger partial charge in [0.2, 0.25) is 5.13 Å². The number of hydrogen-bond donors (Lipinski definition) is 1. The van der Waals surface area contributed by atoms with Crippen molar-refractivity contribution in [3.8, 4) is 16.3 Å². The average Bonchev–Trinajstić information content (AvgIpc) is 3.10. The number of carbonyl (C=O) groups is 1. The summed E-state index contributed by atoms with van der Waals surface area (Å²) < 4.78 is 18.1. The van der Waals surface area contributed by atoms with Gasteiger partial charge in [-0.15, -0.1) is 10.2 Å². The summed E-state index contributed by atoms with van der Waals surface area (Å²) in [7, 11) is 0. The van der Waals surface area contributed by atoms with Crippen LogP contribution in [0.25, 0.3) is 10.6 Å². The van der Waals surface area contributed by atoms with Crippen molar-refractivity contribution in [3.05, 3.63) is 59.9 Å². The van der Waals surface area contributed by atoms with Gasteiger partial charge in [0.25, 0.3) is 5.91 Å². The highest BCUT2D eigenvalue weighted by atomic mass is 32.1. The van der Waals surface area contributed by atoms with Crippen molar-refractivity contribution in [2.24, 2.45) is 0 Å². The van der Waals surface area contributed by atoms with E-state index in [4.69, 9.17) is 4.74 Å². The second-order valence-electron chi connectivity index (χ2n) is 5.98. The molecule has 0 atom stereocenters. The van der Waals surface area contributed by atoms with Crippen LogP contribution in [-0.2, 0) is 4.79 Å². The van der Waals surface area contributed by atoms with Crippen molar-refractivity contribution in [1.29, 1.82) is 0 Å². The van der Waals surface area contributed by atoms with Gasteiger partial charge in [-0.25, -0.2) is 4.39 Å². The molecule has 26 heavy (non-hydrogen) atoms. The van der Waals surface area contributed by atoms with E-state index >= 15 is 0 Å². The van der Waals surface area contributed by atoms with E-state index in [1.165, 1.54) is 41.2 Å². The molecule has 1 aromatic heterocycles. The first-order chi connectivity index (χ1) is 12.5. The zero-order chi connectivity index (χ0) is 18.5. The van der Waals surface area contributed by atoms with Gasteiger partial charge in [-0.05, 0) is 35.7 Å². The standard InChI is InChI=1S/C19H18FN3O2S/c1-12(2)13-3-5-14(6-4-13)18-22-23-19(26-18)21-17(24)11-25-16-9-7-15(20)8-10-16/h3-10,12H,11H2,1-2H3,(H,21,23,24). The first-order valence-corrected chi connectivity index (χ1v) is 8.95. The highest BCUT2D eigenvalue weighted by molar-refractivity contribution is 7.18. The largest absolute Gasteiger partial charge is 0.484 e. The molecular formula is C19H18FN3O2S. The van der Waals surface area contributed by atoms with E-state index in [0.29, 0.717) is 16.8 Å². The second kappa shape index (κ2) is 8.05. The normalized spacial score (nSPS) is 10.8. The van der Waals surface area contributed by atoms with Crippen LogP contribution in [0.5, 0.6) is 5.75 Å². The lowest BCUT2D eigenvalue weighted by atomic mass is 10.0. The number of rotatable bonds is 6. The van der Waals surface area contributed by atoms with Crippen LogP contribution in [-0.4, -0.2) is 22.7 Å². The minimum absolute atomic E-state index is 0.191. The Morgan fingerprint density at radius 1 is 1.12 bits per heavy atom. The summed E-state index contributed by atoms with van der Waals surface area (Å²) in [6.45, 7) is 4.09. The Balaban J connectivity index is 1.57. The molecule has 0 aliphatic carbocycles. The molecule has 1 amide bonds. The number of carbonyl (C=O) groups excluding carboxylic acids is 1. The Labute approximate surface area is 154 Å².